The van der Waals surface area contributed by atoms with Crippen molar-refractivity contribution in [2.75, 3.05) is 20.8 Å². The van der Waals surface area contributed by atoms with Crippen LogP contribution in [0.4, 0.5) is 0 Å². The van der Waals surface area contributed by atoms with E-state index in [-0.39, 0.29) is 78.0 Å². The second kappa shape index (κ2) is 16.2. The molecule has 6 rings (SSSR count). The second-order valence-corrected chi connectivity index (χ2v) is 14.6. The lowest BCUT2D eigenvalue weighted by atomic mass is 9.93. The highest BCUT2D eigenvalue weighted by Gasteiger charge is 2.40. The molecule has 276 valence electrons. The minimum atomic E-state index is -0.973. The van der Waals surface area contributed by atoms with Gasteiger partial charge in [-0.15, -0.1) is 0 Å². The quantitative estimate of drug-likeness (QED) is 0.0979. The standard InChI is InChI=1S/C37H29Cl4NO10S/c1-17-29-27(51-35(44)19-9-21(38)13-22(39)10-19)15-26(16-49-25-6-4-18(5-7-25)8-28-34(43)42-37(46)53-28)50-31(29)33(48-3)32(47-2)30(17)52-36(45)20-11-23(40)14-24(41)12-20/h4-7,9-14,26-27,43H,8,15-16H2,1-3H3,(H,42,46). The van der Waals surface area contributed by atoms with Gasteiger partial charge in [-0.2, -0.15) is 0 Å². The highest BCUT2D eigenvalue weighted by molar-refractivity contribution is 7.09. The van der Waals surface area contributed by atoms with E-state index in [4.69, 9.17) is 74.8 Å². The number of methoxy groups -OCH3 is 2. The molecule has 1 aromatic heterocycles. The topological polar surface area (TPSA) is 143 Å². The molecule has 1 aliphatic rings. The van der Waals surface area contributed by atoms with Gasteiger partial charge < -0.3 is 33.5 Å². The highest BCUT2D eigenvalue weighted by atomic mass is 35.5. The molecule has 0 saturated heterocycles. The zero-order valence-electron chi connectivity index (χ0n) is 28.1. The van der Waals surface area contributed by atoms with Crippen LogP contribution in [0.25, 0.3) is 0 Å². The molecule has 0 aliphatic carbocycles. The molecular formula is C37H29Cl4NO10S. The number of aromatic amines is 1. The van der Waals surface area contributed by atoms with E-state index >= 15 is 0 Å². The minimum Gasteiger partial charge on any atom is -0.494 e. The molecule has 0 saturated carbocycles. The van der Waals surface area contributed by atoms with Crippen LogP contribution >= 0.6 is 57.7 Å². The number of rotatable bonds is 11. The summed E-state index contributed by atoms with van der Waals surface area (Å²) in [4.78, 5) is 41.1. The highest BCUT2D eigenvalue weighted by Crippen LogP contribution is 2.55. The third-order valence-electron chi connectivity index (χ3n) is 8.16. The number of carbonyl (C=O) groups excluding carboxylic acids is 2. The van der Waals surface area contributed by atoms with Crippen molar-refractivity contribution in [1.82, 2.24) is 4.98 Å². The average Bonchev–Trinajstić information content (AvgIpc) is 3.43. The smallest absolute Gasteiger partial charge is 0.343 e. The van der Waals surface area contributed by atoms with Crippen LogP contribution in [0.5, 0.6) is 34.6 Å². The summed E-state index contributed by atoms with van der Waals surface area (Å²) in [7, 11) is 2.77. The maximum absolute atomic E-state index is 13.6. The molecule has 0 spiro atoms. The minimum absolute atomic E-state index is 0.00494. The zero-order valence-corrected chi connectivity index (χ0v) is 31.9. The summed E-state index contributed by atoms with van der Waals surface area (Å²) in [5, 5.41) is 10.9. The van der Waals surface area contributed by atoms with Crippen molar-refractivity contribution in [1.29, 1.82) is 0 Å². The molecule has 4 aromatic carbocycles. The lowest BCUT2D eigenvalue weighted by molar-refractivity contribution is -0.00215. The number of nitrogens with one attached hydrogen (secondary N) is 1. The lowest BCUT2D eigenvalue weighted by Gasteiger charge is -2.35. The third kappa shape index (κ3) is 8.63. The van der Waals surface area contributed by atoms with Crippen LogP contribution in [-0.4, -0.2) is 49.0 Å². The Labute approximate surface area is 326 Å². The number of aromatic hydroxyl groups is 1. The molecule has 2 unspecified atom stereocenters. The van der Waals surface area contributed by atoms with Crippen molar-refractivity contribution in [2.45, 2.75) is 32.0 Å². The van der Waals surface area contributed by atoms with E-state index in [2.05, 4.69) is 4.98 Å². The number of ether oxygens (including phenoxy) is 6. The van der Waals surface area contributed by atoms with Gasteiger partial charge in [0, 0.05) is 44.1 Å². The van der Waals surface area contributed by atoms with Gasteiger partial charge in [0.05, 0.1) is 30.2 Å². The van der Waals surface area contributed by atoms with Crippen molar-refractivity contribution in [3.8, 4) is 34.6 Å². The number of halogens is 4. The fourth-order valence-electron chi connectivity index (χ4n) is 5.81. The third-order valence-corrected chi connectivity index (χ3v) is 9.91. The van der Waals surface area contributed by atoms with Crippen LogP contribution < -0.4 is 28.6 Å². The van der Waals surface area contributed by atoms with Gasteiger partial charge >= 0.3 is 16.8 Å². The van der Waals surface area contributed by atoms with Crippen LogP contribution in [-0.2, 0) is 11.2 Å². The molecular weight excluding hydrogens is 792 g/mol. The summed E-state index contributed by atoms with van der Waals surface area (Å²) in [6, 6.07) is 15.8. The summed E-state index contributed by atoms with van der Waals surface area (Å²) >= 11 is 25.6. The maximum Gasteiger partial charge on any atom is 0.343 e. The van der Waals surface area contributed by atoms with Crippen molar-refractivity contribution in [2.24, 2.45) is 0 Å². The number of hydrogen-bond donors (Lipinski definition) is 2. The molecule has 16 heteroatoms. The summed E-state index contributed by atoms with van der Waals surface area (Å²) in [6.45, 7) is 1.69. The van der Waals surface area contributed by atoms with Crippen LogP contribution in [0, 0.1) is 6.92 Å². The molecule has 2 N–H and O–H groups in total. The Morgan fingerprint density at radius 3 is 2.00 bits per heavy atom. The van der Waals surface area contributed by atoms with Crippen molar-refractivity contribution in [3.63, 3.8) is 0 Å². The predicted octanol–water partition coefficient (Wildman–Crippen LogP) is 9.02. The number of esters is 2. The first-order valence-electron chi connectivity index (χ1n) is 15.8. The van der Waals surface area contributed by atoms with Crippen LogP contribution in [0.1, 0.15) is 54.8 Å². The van der Waals surface area contributed by atoms with Crippen LogP contribution in [0.15, 0.2) is 65.5 Å². The molecule has 0 bridgehead atoms. The Balaban J connectivity index is 1.32. The first-order valence-corrected chi connectivity index (χ1v) is 18.1. The van der Waals surface area contributed by atoms with E-state index in [1.54, 1.807) is 19.1 Å². The summed E-state index contributed by atoms with van der Waals surface area (Å²) < 4.78 is 36.0. The van der Waals surface area contributed by atoms with Gasteiger partial charge in [-0.25, -0.2) is 9.59 Å². The first-order chi connectivity index (χ1) is 25.3. The monoisotopic (exact) mass is 819 g/mol. The molecule has 1 aliphatic heterocycles. The van der Waals surface area contributed by atoms with E-state index in [0.717, 1.165) is 16.9 Å². The molecule has 0 fully saturated rings. The molecule has 0 amide bonds. The fraction of sp³-hybridized carbons (Fsp3) is 0.216. The molecule has 2 atom stereocenters. The number of fused-ring (bicyclic) bond motifs is 1. The average molecular weight is 822 g/mol. The molecule has 11 nitrogen and oxygen atoms in total. The van der Waals surface area contributed by atoms with Crippen LogP contribution in [0.3, 0.4) is 0 Å². The Kier molecular flexibility index (Phi) is 11.7. The number of benzene rings is 4. The van der Waals surface area contributed by atoms with Crippen molar-refractivity contribution < 1.29 is 43.1 Å². The van der Waals surface area contributed by atoms with Crippen molar-refractivity contribution in [3.05, 3.63) is 123 Å². The molecule has 2 heterocycles. The number of H-pyrrole nitrogens is 1. The number of thiazole rings is 1. The Morgan fingerprint density at radius 2 is 1.45 bits per heavy atom. The van der Waals surface area contributed by atoms with Gasteiger partial charge in [0.2, 0.25) is 17.4 Å². The zero-order chi connectivity index (χ0) is 38.0. The van der Waals surface area contributed by atoms with E-state index in [1.807, 2.05) is 12.1 Å². The summed E-state index contributed by atoms with van der Waals surface area (Å²) in [5.41, 5.74) is 1.79. The second-order valence-electron chi connectivity index (χ2n) is 11.8. The van der Waals surface area contributed by atoms with Gasteiger partial charge in [-0.05, 0) is 61.0 Å². The molecule has 53 heavy (non-hydrogen) atoms. The predicted molar refractivity (Wildman–Crippen MR) is 201 cm³/mol. The van der Waals surface area contributed by atoms with E-state index in [0.29, 0.717) is 28.2 Å². The summed E-state index contributed by atoms with van der Waals surface area (Å²) in [6.07, 6.45) is -1.19. The Morgan fingerprint density at radius 1 is 0.868 bits per heavy atom. The largest absolute Gasteiger partial charge is 0.494 e. The number of aromatic nitrogens is 1. The fourth-order valence-corrected chi connectivity index (χ4v) is 7.62. The van der Waals surface area contributed by atoms with Gasteiger partial charge in [-0.3, -0.25) is 9.78 Å². The van der Waals surface area contributed by atoms with Gasteiger partial charge in [0.1, 0.15) is 24.6 Å². The molecule has 0 radical (unpaired) electrons. The first kappa shape index (κ1) is 38.1. The maximum atomic E-state index is 13.6. The van der Waals surface area contributed by atoms with Gasteiger partial charge in [0.15, 0.2) is 11.5 Å². The normalized spacial score (nSPS) is 14.8. The Bertz CT molecular complexity index is 2220. The lowest BCUT2D eigenvalue weighted by Crippen LogP contribution is -2.34. The number of hydrogen-bond acceptors (Lipinski definition) is 11. The van der Waals surface area contributed by atoms with E-state index in [1.165, 1.54) is 50.6 Å². The van der Waals surface area contributed by atoms with Gasteiger partial charge in [0.25, 0.3) is 0 Å². The SMILES string of the molecule is COc1c(OC(=O)c2cc(Cl)cc(Cl)c2)c(C)c2c(c1OC)OC(COc1ccc(Cc3sc(=O)[nH]c3O)cc1)CC2OC(=O)c1cc(Cl)cc(Cl)c1. The van der Waals surface area contributed by atoms with Gasteiger partial charge in [-0.1, -0.05) is 69.9 Å². The summed E-state index contributed by atoms with van der Waals surface area (Å²) in [5.74, 6) is -0.826. The van der Waals surface area contributed by atoms with E-state index in [9.17, 15) is 19.5 Å². The number of carbonyl (C=O) groups is 2. The molecule has 5 aromatic rings. The Hall–Kier alpha value is -4.59. The van der Waals surface area contributed by atoms with E-state index < -0.39 is 24.1 Å². The van der Waals surface area contributed by atoms with Crippen molar-refractivity contribution >= 4 is 69.7 Å². The van der Waals surface area contributed by atoms with Crippen LogP contribution in [0.2, 0.25) is 20.1 Å².